The lowest BCUT2D eigenvalue weighted by atomic mass is 9.96. The Labute approximate surface area is 82.9 Å². The number of epoxide rings is 1. The summed E-state index contributed by atoms with van der Waals surface area (Å²) in [6.45, 7) is 1.91. The Morgan fingerprint density at radius 2 is 2.14 bits per heavy atom. The Bertz CT molecular complexity index is 350. The summed E-state index contributed by atoms with van der Waals surface area (Å²) in [5.41, 5.74) is 5.58. The molecule has 1 saturated heterocycles. The van der Waals surface area contributed by atoms with Gasteiger partial charge in [-0.1, -0.05) is 37.3 Å². The quantitative estimate of drug-likeness (QED) is 0.734. The molecule has 2 rings (SSSR count). The van der Waals surface area contributed by atoms with Crippen LogP contribution in [0.2, 0.25) is 0 Å². The highest BCUT2D eigenvalue weighted by Gasteiger charge is 2.60. The Balaban J connectivity index is 2.22. The number of rotatable bonds is 3. The van der Waals surface area contributed by atoms with E-state index in [0.29, 0.717) is 6.42 Å². The molecule has 3 nitrogen and oxygen atoms in total. The molecule has 1 aromatic carbocycles. The second kappa shape index (κ2) is 3.10. The maximum absolute atomic E-state index is 11.2. The molecule has 1 heterocycles. The fourth-order valence-corrected chi connectivity index (χ4v) is 1.77. The number of carbonyl (C=O) groups excluding carboxylic acids is 1. The van der Waals surface area contributed by atoms with Crippen LogP contribution in [0.3, 0.4) is 0 Å². The molecule has 0 aliphatic carbocycles. The number of carbonyl (C=O) groups is 1. The molecular weight excluding hydrogens is 178 g/mol. The first-order chi connectivity index (χ1) is 6.70. The van der Waals surface area contributed by atoms with Crippen LogP contribution in [0.4, 0.5) is 0 Å². The van der Waals surface area contributed by atoms with Crippen molar-refractivity contribution in [2.75, 3.05) is 0 Å². The van der Waals surface area contributed by atoms with Crippen LogP contribution in [0.25, 0.3) is 0 Å². The summed E-state index contributed by atoms with van der Waals surface area (Å²) in [7, 11) is 0. The summed E-state index contributed by atoms with van der Waals surface area (Å²) in [4.78, 5) is 11.2. The minimum absolute atomic E-state index is 0.147. The average Bonchev–Trinajstić information content (AvgIpc) is 2.95. The third-order valence-corrected chi connectivity index (χ3v) is 2.74. The second-order valence-electron chi connectivity index (χ2n) is 3.52. The van der Waals surface area contributed by atoms with Crippen LogP contribution in [-0.4, -0.2) is 11.5 Å². The van der Waals surface area contributed by atoms with Crippen LogP contribution in [0.1, 0.15) is 25.0 Å². The molecule has 0 aromatic heterocycles. The summed E-state index contributed by atoms with van der Waals surface area (Å²) in [6.07, 6.45) is 0.480. The molecule has 1 amide bonds. The summed E-state index contributed by atoms with van der Waals surface area (Å²) >= 11 is 0. The number of ether oxygens (including phenoxy) is 1. The van der Waals surface area contributed by atoms with Crippen LogP contribution in [0.15, 0.2) is 30.3 Å². The van der Waals surface area contributed by atoms with Gasteiger partial charge in [-0.15, -0.1) is 0 Å². The van der Waals surface area contributed by atoms with E-state index in [1.54, 1.807) is 0 Å². The lowest BCUT2D eigenvalue weighted by Gasteiger charge is -2.04. The lowest BCUT2D eigenvalue weighted by molar-refractivity contribution is -0.123. The molecule has 1 aliphatic heterocycles. The zero-order valence-corrected chi connectivity index (χ0v) is 8.07. The van der Waals surface area contributed by atoms with Crippen molar-refractivity contribution < 1.29 is 9.53 Å². The van der Waals surface area contributed by atoms with Gasteiger partial charge in [0.15, 0.2) is 5.60 Å². The van der Waals surface area contributed by atoms with Crippen molar-refractivity contribution >= 4 is 5.91 Å². The Morgan fingerprint density at radius 1 is 1.50 bits per heavy atom. The van der Waals surface area contributed by atoms with Crippen molar-refractivity contribution in [2.24, 2.45) is 5.73 Å². The Kier molecular flexibility index (Phi) is 2.04. The van der Waals surface area contributed by atoms with Crippen molar-refractivity contribution in [1.82, 2.24) is 0 Å². The predicted octanol–water partition coefficient (Wildman–Crippen LogP) is 1.39. The standard InChI is InChI=1S/C11H13NO2/c1-2-11(10(12)13)9(14-11)8-6-4-3-5-7-8/h3-7,9H,2H2,1H3,(H2,12,13). The van der Waals surface area contributed by atoms with Crippen molar-refractivity contribution in [3.05, 3.63) is 35.9 Å². The van der Waals surface area contributed by atoms with E-state index in [1.165, 1.54) is 0 Å². The van der Waals surface area contributed by atoms with Gasteiger partial charge in [0.2, 0.25) is 0 Å². The third kappa shape index (κ3) is 1.21. The number of benzene rings is 1. The second-order valence-corrected chi connectivity index (χ2v) is 3.52. The highest BCUT2D eigenvalue weighted by Crippen LogP contribution is 2.51. The first-order valence-corrected chi connectivity index (χ1v) is 4.73. The minimum atomic E-state index is -0.749. The molecule has 2 unspecified atom stereocenters. The van der Waals surface area contributed by atoms with Gasteiger partial charge < -0.3 is 10.5 Å². The van der Waals surface area contributed by atoms with E-state index in [1.807, 2.05) is 37.3 Å². The van der Waals surface area contributed by atoms with E-state index in [2.05, 4.69) is 0 Å². The molecule has 2 N–H and O–H groups in total. The van der Waals surface area contributed by atoms with E-state index in [9.17, 15) is 4.79 Å². The van der Waals surface area contributed by atoms with Crippen molar-refractivity contribution in [3.8, 4) is 0 Å². The normalized spacial score (nSPS) is 29.9. The SMILES string of the molecule is CCC1(C(N)=O)OC1c1ccccc1. The first kappa shape index (κ1) is 9.21. The molecule has 1 fully saturated rings. The highest BCUT2D eigenvalue weighted by molar-refractivity contribution is 5.87. The average molecular weight is 191 g/mol. The van der Waals surface area contributed by atoms with E-state index >= 15 is 0 Å². The van der Waals surface area contributed by atoms with Gasteiger partial charge in [-0.3, -0.25) is 4.79 Å². The molecular formula is C11H13NO2. The molecule has 0 radical (unpaired) electrons. The molecule has 1 aromatic rings. The van der Waals surface area contributed by atoms with Gasteiger partial charge in [0.1, 0.15) is 6.10 Å². The van der Waals surface area contributed by atoms with Crippen molar-refractivity contribution in [2.45, 2.75) is 25.0 Å². The van der Waals surface area contributed by atoms with Gasteiger partial charge in [0.05, 0.1) is 0 Å². The first-order valence-electron chi connectivity index (χ1n) is 4.73. The van der Waals surface area contributed by atoms with Gasteiger partial charge in [0.25, 0.3) is 5.91 Å². The number of hydrogen-bond donors (Lipinski definition) is 1. The lowest BCUT2D eigenvalue weighted by Crippen LogP contribution is -2.31. The van der Waals surface area contributed by atoms with Gasteiger partial charge >= 0.3 is 0 Å². The van der Waals surface area contributed by atoms with Crippen molar-refractivity contribution in [3.63, 3.8) is 0 Å². The van der Waals surface area contributed by atoms with E-state index < -0.39 is 5.60 Å². The summed E-state index contributed by atoms with van der Waals surface area (Å²) in [5, 5.41) is 0. The minimum Gasteiger partial charge on any atom is -0.367 e. The molecule has 74 valence electrons. The largest absolute Gasteiger partial charge is 0.367 e. The zero-order valence-electron chi connectivity index (χ0n) is 8.07. The van der Waals surface area contributed by atoms with E-state index in [0.717, 1.165) is 5.56 Å². The van der Waals surface area contributed by atoms with Crippen LogP contribution >= 0.6 is 0 Å². The Morgan fingerprint density at radius 3 is 2.57 bits per heavy atom. The van der Waals surface area contributed by atoms with E-state index in [-0.39, 0.29) is 12.0 Å². The van der Waals surface area contributed by atoms with Crippen molar-refractivity contribution in [1.29, 1.82) is 0 Å². The molecule has 0 saturated carbocycles. The Hall–Kier alpha value is -1.35. The molecule has 1 aliphatic rings. The molecule has 0 spiro atoms. The van der Waals surface area contributed by atoms with E-state index in [4.69, 9.17) is 10.5 Å². The van der Waals surface area contributed by atoms with Gasteiger partial charge in [-0.05, 0) is 12.0 Å². The zero-order chi connectivity index (χ0) is 10.2. The molecule has 3 heteroatoms. The summed E-state index contributed by atoms with van der Waals surface area (Å²) in [5.74, 6) is -0.367. The summed E-state index contributed by atoms with van der Waals surface area (Å²) < 4.78 is 5.43. The topological polar surface area (TPSA) is 55.6 Å². The molecule has 0 bridgehead atoms. The number of amides is 1. The molecule has 2 atom stereocenters. The van der Waals surface area contributed by atoms with Gasteiger partial charge in [0, 0.05) is 0 Å². The third-order valence-electron chi connectivity index (χ3n) is 2.74. The number of hydrogen-bond acceptors (Lipinski definition) is 2. The summed E-state index contributed by atoms with van der Waals surface area (Å²) in [6, 6.07) is 9.69. The fraction of sp³-hybridized carbons (Fsp3) is 0.364. The van der Waals surface area contributed by atoms with Gasteiger partial charge in [-0.2, -0.15) is 0 Å². The smallest absolute Gasteiger partial charge is 0.252 e. The molecule has 14 heavy (non-hydrogen) atoms. The van der Waals surface area contributed by atoms with Crippen LogP contribution < -0.4 is 5.73 Å². The maximum Gasteiger partial charge on any atom is 0.252 e. The van der Waals surface area contributed by atoms with Gasteiger partial charge in [-0.25, -0.2) is 0 Å². The monoisotopic (exact) mass is 191 g/mol. The maximum atomic E-state index is 11.2. The number of nitrogens with two attached hydrogens (primary N) is 1. The van der Waals surface area contributed by atoms with Crippen LogP contribution in [0.5, 0.6) is 0 Å². The number of primary amides is 1. The van der Waals surface area contributed by atoms with Crippen LogP contribution in [0, 0.1) is 0 Å². The predicted molar refractivity (Wildman–Crippen MR) is 52.5 cm³/mol. The fourth-order valence-electron chi connectivity index (χ4n) is 1.77. The highest BCUT2D eigenvalue weighted by atomic mass is 16.6. The van der Waals surface area contributed by atoms with Crippen LogP contribution in [-0.2, 0) is 9.53 Å².